The molecule has 3 heterocycles. The highest BCUT2D eigenvalue weighted by Crippen LogP contribution is 2.25. The van der Waals surface area contributed by atoms with E-state index in [4.69, 9.17) is 4.74 Å². The van der Waals surface area contributed by atoms with Crippen LogP contribution in [0.5, 0.6) is 0 Å². The van der Waals surface area contributed by atoms with Gasteiger partial charge in [0, 0.05) is 38.2 Å². The van der Waals surface area contributed by atoms with Gasteiger partial charge in [-0.3, -0.25) is 0 Å². The Balaban J connectivity index is 1.91. The molecule has 1 N–H and O–H groups in total. The minimum absolute atomic E-state index is 0.260. The number of nitrogens with one attached hydrogen (secondary N) is 1. The fraction of sp³-hybridized carbons (Fsp3) is 0.692. The van der Waals surface area contributed by atoms with Crippen molar-refractivity contribution in [3.05, 3.63) is 17.6 Å². The maximum absolute atomic E-state index is 5.78. The van der Waals surface area contributed by atoms with Crippen LogP contribution in [0.15, 0.2) is 6.33 Å². The van der Waals surface area contributed by atoms with Gasteiger partial charge in [-0.25, -0.2) is 9.97 Å². The fourth-order valence-electron chi connectivity index (χ4n) is 2.88. The smallest absolute Gasteiger partial charge is 0.136 e. The molecule has 0 aromatic carbocycles. The third kappa shape index (κ3) is 2.20. The van der Waals surface area contributed by atoms with Gasteiger partial charge in [-0.05, 0) is 13.8 Å². The summed E-state index contributed by atoms with van der Waals surface area (Å²) in [4.78, 5) is 11.2. The van der Waals surface area contributed by atoms with Crippen LogP contribution in [0.3, 0.4) is 0 Å². The summed E-state index contributed by atoms with van der Waals surface area (Å²) in [6.45, 7) is 7.95. The monoisotopic (exact) mass is 248 g/mol. The number of ether oxygens (including phenoxy) is 1. The SMILES string of the molecule is CC1CN(c2ncnc3c2CNCC3)CC(C)O1. The van der Waals surface area contributed by atoms with Gasteiger partial charge < -0.3 is 15.0 Å². The normalized spacial score (nSPS) is 28.0. The van der Waals surface area contributed by atoms with E-state index in [9.17, 15) is 0 Å². The molecule has 1 aromatic heterocycles. The van der Waals surface area contributed by atoms with Gasteiger partial charge in [0.2, 0.25) is 0 Å². The Morgan fingerprint density at radius 2 is 2.06 bits per heavy atom. The average molecular weight is 248 g/mol. The number of nitrogens with zero attached hydrogens (tertiary/aromatic N) is 3. The molecule has 1 fully saturated rings. The zero-order valence-electron chi connectivity index (χ0n) is 11.0. The first-order valence-electron chi connectivity index (χ1n) is 6.68. The number of morpholine rings is 1. The van der Waals surface area contributed by atoms with E-state index in [2.05, 4.69) is 34.0 Å². The summed E-state index contributed by atoms with van der Waals surface area (Å²) in [5.41, 5.74) is 2.47. The number of rotatable bonds is 1. The Labute approximate surface area is 108 Å². The highest BCUT2D eigenvalue weighted by Gasteiger charge is 2.26. The molecular formula is C13H20N4O. The van der Waals surface area contributed by atoms with E-state index in [0.29, 0.717) is 0 Å². The summed E-state index contributed by atoms with van der Waals surface area (Å²) in [6, 6.07) is 0. The molecule has 1 aromatic rings. The predicted octanol–water partition coefficient (Wildman–Crippen LogP) is 0.736. The van der Waals surface area contributed by atoms with Crippen molar-refractivity contribution in [2.24, 2.45) is 0 Å². The van der Waals surface area contributed by atoms with Crippen LogP contribution in [-0.2, 0) is 17.7 Å². The highest BCUT2D eigenvalue weighted by atomic mass is 16.5. The summed E-state index contributed by atoms with van der Waals surface area (Å²) in [5.74, 6) is 1.09. The van der Waals surface area contributed by atoms with Crippen molar-refractivity contribution in [2.75, 3.05) is 24.5 Å². The van der Waals surface area contributed by atoms with Crippen LogP contribution in [-0.4, -0.2) is 41.8 Å². The average Bonchev–Trinajstić information content (AvgIpc) is 2.37. The summed E-state index contributed by atoms with van der Waals surface area (Å²) in [7, 11) is 0. The molecule has 5 heteroatoms. The van der Waals surface area contributed by atoms with E-state index >= 15 is 0 Å². The van der Waals surface area contributed by atoms with Gasteiger partial charge in [0.25, 0.3) is 0 Å². The van der Waals surface area contributed by atoms with E-state index < -0.39 is 0 Å². The van der Waals surface area contributed by atoms with Crippen LogP contribution in [0, 0.1) is 0 Å². The van der Waals surface area contributed by atoms with Crippen molar-refractivity contribution < 1.29 is 4.74 Å². The van der Waals surface area contributed by atoms with Crippen LogP contribution in [0.1, 0.15) is 25.1 Å². The van der Waals surface area contributed by atoms with Gasteiger partial charge in [0.1, 0.15) is 12.1 Å². The van der Waals surface area contributed by atoms with Crippen molar-refractivity contribution in [2.45, 2.75) is 39.0 Å². The van der Waals surface area contributed by atoms with E-state index in [1.54, 1.807) is 6.33 Å². The van der Waals surface area contributed by atoms with E-state index in [-0.39, 0.29) is 12.2 Å². The minimum Gasteiger partial charge on any atom is -0.372 e. The largest absolute Gasteiger partial charge is 0.372 e. The predicted molar refractivity (Wildman–Crippen MR) is 69.7 cm³/mol. The van der Waals surface area contributed by atoms with Crippen molar-refractivity contribution in [3.8, 4) is 0 Å². The van der Waals surface area contributed by atoms with Crippen LogP contribution in [0.4, 0.5) is 5.82 Å². The lowest BCUT2D eigenvalue weighted by atomic mass is 10.1. The third-order valence-corrected chi connectivity index (χ3v) is 3.57. The van der Waals surface area contributed by atoms with E-state index in [1.165, 1.54) is 11.3 Å². The highest BCUT2D eigenvalue weighted by molar-refractivity contribution is 5.50. The lowest BCUT2D eigenvalue weighted by Crippen LogP contribution is -2.46. The molecule has 2 atom stereocenters. The second-order valence-corrected chi connectivity index (χ2v) is 5.21. The molecule has 1 saturated heterocycles. The van der Waals surface area contributed by atoms with E-state index in [0.717, 1.165) is 38.4 Å². The zero-order valence-corrected chi connectivity index (χ0v) is 11.0. The van der Waals surface area contributed by atoms with E-state index in [1.807, 2.05) is 0 Å². The molecule has 0 aliphatic carbocycles. The molecule has 2 aliphatic heterocycles. The molecule has 0 saturated carbocycles. The molecule has 18 heavy (non-hydrogen) atoms. The number of hydrogen-bond acceptors (Lipinski definition) is 5. The standard InChI is InChI=1S/C13H20N4O/c1-9-6-17(7-10(2)18-9)13-11-5-14-4-3-12(11)15-8-16-13/h8-10,14H,3-7H2,1-2H3. The van der Waals surface area contributed by atoms with Crippen molar-refractivity contribution in [1.29, 1.82) is 0 Å². The van der Waals surface area contributed by atoms with Gasteiger partial charge in [0.15, 0.2) is 0 Å². The maximum atomic E-state index is 5.78. The zero-order chi connectivity index (χ0) is 12.5. The topological polar surface area (TPSA) is 50.3 Å². The molecule has 0 radical (unpaired) electrons. The Hall–Kier alpha value is -1.20. The first-order chi connectivity index (χ1) is 8.74. The van der Waals surface area contributed by atoms with Gasteiger partial charge in [-0.2, -0.15) is 0 Å². The second-order valence-electron chi connectivity index (χ2n) is 5.21. The summed E-state index contributed by atoms with van der Waals surface area (Å²) < 4.78 is 5.78. The molecular weight excluding hydrogens is 228 g/mol. The minimum atomic E-state index is 0.260. The second kappa shape index (κ2) is 4.82. The third-order valence-electron chi connectivity index (χ3n) is 3.57. The Bertz CT molecular complexity index is 427. The Kier molecular flexibility index (Phi) is 3.18. The van der Waals surface area contributed by atoms with Crippen molar-refractivity contribution >= 4 is 5.82 Å². The van der Waals surface area contributed by atoms with Crippen LogP contribution in [0.25, 0.3) is 0 Å². The molecule has 3 rings (SSSR count). The fourth-order valence-corrected chi connectivity index (χ4v) is 2.88. The first-order valence-corrected chi connectivity index (χ1v) is 6.68. The Morgan fingerprint density at radius 1 is 1.28 bits per heavy atom. The van der Waals surface area contributed by atoms with Crippen LogP contribution in [0.2, 0.25) is 0 Å². The van der Waals surface area contributed by atoms with Crippen molar-refractivity contribution in [1.82, 2.24) is 15.3 Å². The number of fused-ring (bicyclic) bond motifs is 1. The van der Waals surface area contributed by atoms with Gasteiger partial charge >= 0.3 is 0 Å². The summed E-state index contributed by atoms with van der Waals surface area (Å²) in [5, 5.41) is 3.40. The maximum Gasteiger partial charge on any atom is 0.136 e. The van der Waals surface area contributed by atoms with Gasteiger partial charge in [-0.1, -0.05) is 0 Å². The van der Waals surface area contributed by atoms with Crippen molar-refractivity contribution in [3.63, 3.8) is 0 Å². The molecule has 5 nitrogen and oxygen atoms in total. The number of anilines is 1. The molecule has 2 aliphatic rings. The van der Waals surface area contributed by atoms with Gasteiger partial charge in [-0.15, -0.1) is 0 Å². The Morgan fingerprint density at radius 3 is 2.83 bits per heavy atom. The lowest BCUT2D eigenvalue weighted by molar-refractivity contribution is -0.00553. The van der Waals surface area contributed by atoms with Crippen LogP contribution < -0.4 is 10.2 Å². The molecule has 0 amide bonds. The number of aromatic nitrogens is 2. The van der Waals surface area contributed by atoms with Crippen LogP contribution >= 0.6 is 0 Å². The summed E-state index contributed by atoms with van der Waals surface area (Å²) in [6.07, 6.45) is 3.22. The first kappa shape index (κ1) is 11.9. The lowest BCUT2D eigenvalue weighted by Gasteiger charge is -2.37. The quantitative estimate of drug-likeness (QED) is 0.794. The number of hydrogen-bond donors (Lipinski definition) is 1. The summed E-state index contributed by atoms with van der Waals surface area (Å²) >= 11 is 0. The molecule has 0 bridgehead atoms. The molecule has 0 spiro atoms. The molecule has 2 unspecified atom stereocenters. The van der Waals surface area contributed by atoms with Gasteiger partial charge in [0.05, 0.1) is 17.9 Å². The molecule has 98 valence electrons.